The van der Waals surface area contributed by atoms with E-state index < -0.39 is 0 Å². The standard InChI is InChI=1S/C10H13BrN/c1-10(2,3)12-9-7-5-4-6-8(9)11/h4-7,12H,1H2,2-3H3/q+1. The molecule has 64 valence electrons. The van der Waals surface area contributed by atoms with Gasteiger partial charge in [-0.15, -0.1) is 0 Å². The fourth-order valence-electron chi connectivity index (χ4n) is 0.927. The number of benzene rings is 1. The van der Waals surface area contributed by atoms with Crippen LogP contribution in [0.4, 0.5) is 5.69 Å². The molecule has 12 heavy (non-hydrogen) atoms. The number of nitrogens with one attached hydrogen (secondary N) is 1. The summed E-state index contributed by atoms with van der Waals surface area (Å²) in [6, 6.07) is 8.02. The van der Waals surface area contributed by atoms with Crippen LogP contribution in [-0.2, 0) is 0 Å². The molecule has 1 N–H and O–H groups in total. The smallest absolute Gasteiger partial charge is 0.169 e. The summed E-state index contributed by atoms with van der Waals surface area (Å²) < 4.78 is 1.07. The van der Waals surface area contributed by atoms with Crippen molar-refractivity contribution in [3.8, 4) is 0 Å². The molecule has 0 aliphatic rings. The van der Waals surface area contributed by atoms with E-state index in [1.54, 1.807) is 0 Å². The summed E-state index contributed by atoms with van der Waals surface area (Å²) in [4.78, 5) is 0. The van der Waals surface area contributed by atoms with Crippen molar-refractivity contribution in [3.63, 3.8) is 0 Å². The van der Waals surface area contributed by atoms with Crippen LogP contribution in [0.2, 0.25) is 0 Å². The van der Waals surface area contributed by atoms with Crippen molar-refractivity contribution in [2.45, 2.75) is 19.4 Å². The lowest BCUT2D eigenvalue weighted by Gasteiger charge is -2.16. The van der Waals surface area contributed by atoms with Crippen LogP contribution < -0.4 is 5.32 Å². The molecule has 0 fully saturated rings. The molecule has 0 unspecified atom stereocenters. The predicted molar refractivity (Wildman–Crippen MR) is 57.2 cm³/mol. The van der Waals surface area contributed by atoms with Crippen LogP contribution >= 0.6 is 15.9 Å². The highest BCUT2D eigenvalue weighted by atomic mass is 79.9. The first kappa shape index (κ1) is 9.46. The van der Waals surface area contributed by atoms with Gasteiger partial charge >= 0.3 is 0 Å². The van der Waals surface area contributed by atoms with Gasteiger partial charge in [0.25, 0.3) is 0 Å². The van der Waals surface area contributed by atoms with Gasteiger partial charge in [-0.05, 0) is 28.1 Å². The largest absolute Gasteiger partial charge is 0.342 e. The Kier molecular flexibility index (Phi) is 2.68. The molecular formula is C10H13BrN+. The van der Waals surface area contributed by atoms with E-state index in [0.29, 0.717) is 0 Å². The molecule has 0 spiro atoms. The van der Waals surface area contributed by atoms with Crippen LogP contribution in [0.5, 0.6) is 0 Å². The van der Waals surface area contributed by atoms with Gasteiger partial charge < -0.3 is 5.32 Å². The second-order valence-electron chi connectivity index (χ2n) is 3.49. The lowest BCUT2D eigenvalue weighted by atomic mass is 10.1. The zero-order valence-electron chi connectivity index (χ0n) is 7.39. The molecule has 0 bridgehead atoms. The van der Waals surface area contributed by atoms with E-state index in [1.165, 1.54) is 0 Å². The third-order valence-electron chi connectivity index (χ3n) is 1.35. The van der Waals surface area contributed by atoms with Gasteiger partial charge in [-0.3, -0.25) is 0 Å². The summed E-state index contributed by atoms with van der Waals surface area (Å²) in [6.45, 7) is 8.04. The van der Waals surface area contributed by atoms with Crippen molar-refractivity contribution in [2.75, 3.05) is 5.32 Å². The lowest BCUT2D eigenvalue weighted by molar-refractivity contribution is 0.707. The zero-order valence-corrected chi connectivity index (χ0v) is 8.98. The highest BCUT2D eigenvalue weighted by Crippen LogP contribution is 2.23. The average molecular weight is 227 g/mol. The summed E-state index contributed by atoms with van der Waals surface area (Å²) in [5.74, 6) is 0. The Morgan fingerprint density at radius 1 is 1.33 bits per heavy atom. The summed E-state index contributed by atoms with van der Waals surface area (Å²) in [5, 5.41) is 3.29. The number of halogens is 1. The molecule has 0 saturated carbocycles. The van der Waals surface area contributed by atoms with Gasteiger partial charge in [-0.2, -0.15) is 0 Å². The number of para-hydroxylation sites is 1. The van der Waals surface area contributed by atoms with Crippen LogP contribution in [0, 0.1) is 6.92 Å². The summed E-state index contributed by atoms with van der Waals surface area (Å²) in [6.07, 6.45) is 0. The Morgan fingerprint density at radius 2 is 1.92 bits per heavy atom. The molecule has 0 atom stereocenters. The first-order chi connectivity index (χ1) is 5.49. The Bertz CT molecular complexity index is 263. The highest BCUT2D eigenvalue weighted by Gasteiger charge is 2.17. The summed E-state index contributed by atoms with van der Waals surface area (Å²) in [7, 11) is 0. The maximum absolute atomic E-state index is 3.97. The molecule has 2 heteroatoms. The maximum atomic E-state index is 3.97. The minimum atomic E-state index is -0.135. The fourth-order valence-corrected chi connectivity index (χ4v) is 1.31. The fraction of sp³-hybridized carbons (Fsp3) is 0.300. The first-order valence-corrected chi connectivity index (χ1v) is 4.66. The van der Waals surface area contributed by atoms with Crippen molar-refractivity contribution in [1.82, 2.24) is 0 Å². The summed E-state index contributed by atoms with van der Waals surface area (Å²) in [5.41, 5.74) is 0.946. The van der Waals surface area contributed by atoms with E-state index in [9.17, 15) is 0 Å². The van der Waals surface area contributed by atoms with E-state index in [-0.39, 0.29) is 5.54 Å². The van der Waals surface area contributed by atoms with Crippen LogP contribution in [0.25, 0.3) is 0 Å². The molecule has 0 saturated heterocycles. The topological polar surface area (TPSA) is 12.0 Å². The van der Waals surface area contributed by atoms with E-state index in [0.717, 1.165) is 10.2 Å². The maximum Gasteiger partial charge on any atom is 0.169 e. The van der Waals surface area contributed by atoms with Crippen molar-refractivity contribution in [2.24, 2.45) is 0 Å². The third kappa shape index (κ3) is 2.78. The normalized spacial score (nSPS) is 11.2. The van der Waals surface area contributed by atoms with Crippen molar-refractivity contribution >= 4 is 21.6 Å². The van der Waals surface area contributed by atoms with Crippen LogP contribution in [0.3, 0.4) is 0 Å². The summed E-state index contributed by atoms with van der Waals surface area (Å²) >= 11 is 3.46. The van der Waals surface area contributed by atoms with Crippen molar-refractivity contribution in [3.05, 3.63) is 35.7 Å². The SMILES string of the molecule is [CH2+]C(C)(C)Nc1ccccc1Br. The van der Waals surface area contributed by atoms with Crippen LogP contribution in [0.15, 0.2) is 28.7 Å². The molecule has 0 heterocycles. The third-order valence-corrected chi connectivity index (χ3v) is 2.04. The molecule has 0 aliphatic heterocycles. The van der Waals surface area contributed by atoms with Gasteiger partial charge in [-0.25, -0.2) is 0 Å². The quantitative estimate of drug-likeness (QED) is 0.762. The Balaban J connectivity index is 2.83. The monoisotopic (exact) mass is 226 g/mol. The number of anilines is 1. The molecule has 1 aromatic rings. The minimum Gasteiger partial charge on any atom is -0.342 e. The molecule has 1 rings (SSSR count). The average Bonchev–Trinajstić information content (AvgIpc) is 1.91. The molecule has 0 aliphatic carbocycles. The number of hydrogen-bond donors (Lipinski definition) is 1. The van der Waals surface area contributed by atoms with E-state index >= 15 is 0 Å². The first-order valence-electron chi connectivity index (χ1n) is 3.87. The Hall–Kier alpha value is -0.630. The Morgan fingerprint density at radius 3 is 2.42 bits per heavy atom. The van der Waals surface area contributed by atoms with Gasteiger partial charge in [0.1, 0.15) is 0 Å². The molecule has 0 amide bonds. The van der Waals surface area contributed by atoms with Crippen LogP contribution in [0.1, 0.15) is 13.8 Å². The Labute approximate surface area is 82.3 Å². The van der Waals surface area contributed by atoms with E-state index in [2.05, 4.69) is 28.2 Å². The minimum absolute atomic E-state index is 0.135. The molecular weight excluding hydrogens is 214 g/mol. The number of rotatable bonds is 2. The second-order valence-corrected chi connectivity index (χ2v) is 4.34. The second kappa shape index (κ2) is 3.40. The van der Waals surface area contributed by atoms with Gasteiger partial charge in [0.15, 0.2) is 5.54 Å². The van der Waals surface area contributed by atoms with Gasteiger partial charge in [-0.1, -0.05) is 12.1 Å². The van der Waals surface area contributed by atoms with Gasteiger partial charge in [0, 0.05) is 18.3 Å². The van der Waals surface area contributed by atoms with E-state index in [4.69, 9.17) is 0 Å². The predicted octanol–water partition coefficient (Wildman–Crippen LogP) is 3.47. The van der Waals surface area contributed by atoms with Crippen molar-refractivity contribution in [1.29, 1.82) is 0 Å². The highest BCUT2D eigenvalue weighted by molar-refractivity contribution is 9.10. The molecule has 1 aromatic carbocycles. The van der Waals surface area contributed by atoms with Gasteiger partial charge in [0.2, 0.25) is 0 Å². The van der Waals surface area contributed by atoms with Gasteiger partial charge in [0.05, 0.1) is 12.6 Å². The number of hydrogen-bond acceptors (Lipinski definition) is 1. The van der Waals surface area contributed by atoms with Crippen molar-refractivity contribution < 1.29 is 0 Å². The molecule has 0 radical (unpaired) electrons. The molecule has 1 nitrogen and oxygen atoms in total. The lowest BCUT2D eigenvalue weighted by Crippen LogP contribution is -2.26. The van der Waals surface area contributed by atoms with Crippen LogP contribution in [-0.4, -0.2) is 5.54 Å². The zero-order chi connectivity index (χ0) is 9.19. The molecule has 0 aromatic heterocycles. The van der Waals surface area contributed by atoms with E-state index in [1.807, 2.05) is 38.1 Å².